The Labute approximate surface area is 160 Å². The molecule has 0 aliphatic rings. The highest BCUT2D eigenvalue weighted by Crippen LogP contribution is 2.21. The minimum atomic E-state index is -3.02. The summed E-state index contributed by atoms with van der Waals surface area (Å²) in [6.45, 7) is 19.3. The Kier molecular flexibility index (Phi) is 5.70. The molecule has 2 aromatic rings. The van der Waals surface area contributed by atoms with Gasteiger partial charge in [0, 0.05) is 0 Å². The summed E-state index contributed by atoms with van der Waals surface area (Å²) in [5.41, 5.74) is 9.42. The van der Waals surface area contributed by atoms with Gasteiger partial charge in [-0.25, -0.2) is 0 Å². The van der Waals surface area contributed by atoms with Crippen LogP contribution in [-0.4, -0.2) is 13.1 Å². The van der Waals surface area contributed by atoms with Crippen molar-refractivity contribution >= 4 is 18.7 Å². The largest absolute Gasteiger partial charge is 0.421 e. The Bertz CT molecular complexity index is 749. The van der Waals surface area contributed by atoms with Crippen LogP contribution in [0.25, 0.3) is 0 Å². The first-order valence-corrected chi connectivity index (χ1v) is 11.5. The molecule has 0 atom stereocenters. The summed E-state index contributed by atoms with van der Waals surface area (Å²) in [4.78, 5) is 12.3. The third kappa shape index (κ3) is 4.19. The molecule has 0 aliphatic heterocycles. The first-order valence-electron chi connectivity index (χ1n) is 9.44. The van der Waals surface area contributed by atoms with E-state index >= 15 is 0 Å². The Morgan fingerprint density at radius 2 is 1.00 bits per heavy atom. The van der Waals surface area contributed by atoms with Crippen molar-refractivity contribution in [1.29, 1.82) is 0 Å². The van der Waals surface area contributed by atoms with Gasteiger partial charge in [-0.15, -0.1) is 0 Å². The second-order valence-electron chi connectivity index (χ2n) is 9.01. The van der Waals surface area contributed by atoms with Crippen LogP contribution in [0.3, 0.4) is 0 Å². The summed E-state index contributed by atoms with van der Waals surface area (Å²) in [5, 5.41) is 2.28. The smallest absolute Gasteiger partial charge is 0.279 e. The fourth-order valence-electron chi connectivity index (χ4n) is 4.22. The summed E-state index contributed by atoms with van der Waals surface area (Å²) in [6.07, 6.45) is 2.19. The third-order valence-corrected chi connectivity index (χ3v) is 8.69. The molecule has 0 spiro atoms. The van der Waals surface area contributed by atoms with Crippen LogP contribution in [0.5, 0.6) is 0 Å². The highest BCUT2D eigenvalue weighted by molar-refractivity contribution is 7.01. The number of hydrogen-bond acceptors (Lipinski definition) is 1. The number of allylic oxidation sites excluding steroid dienone is 1. The van der Waals surface area contributed by atoms with Crippen LogP contribution in [0, 0.1) is 47.0 Å². The van der Waals surface area contributed by atoms with Crippen LogP contribution >= 0.6 is 0 Å². The third-order valence-electron chi connectivity index (χ3n) is 4.94. The van der Waals surface area contributed by atoms with E-state index in [4.69, 9.17) is 0 Å². The molecule has 0 amide bonds. The molecule has 0 heterocycles. The molecule has 0 unspecified atom stereocenters. The molecule has 0 fully saturated rings. The second kappa shape index (κ2) is 7.17. The Balaban J connectivity index is 2.88. The summed E-state index contributed by atoms with van der Waals surface area (Å²) >= 11 is 0. The Morgan fingerprint density at radius 3 is 1.27 bits per heavy atom. The molecular formula is C24H34OSi. The van der Waals surface area contributed by atoms with E-state index < -0.39 is 8.32 Å². The second-order valence-corrected chi connectivity index (χ2v) is 11.9. The molecule has 2 aromatic carbocycles. The van der Waals surface area contributed by atoms with E-state index in [0.29, 0.717) is 0 Å². The molecule has 2 heteroatoms. The van der Waals surface area contributed by atoms with Gasteiger partial charge in [0.25, 0.3) is 8.32 Å². The van der Waals surface area contributed by atoms with Gasteiger partial charge in [-0.2, -0.15) is 0 Å². The lowest BCUT2D eigenvalue weighted by atomic mass is 9.98. The van der Waals surface area contributed by atoms with Crippen LogP contribution in [0.4, 0.5) is 0 Å². The van der Waals surface area contributed by atoms with Gasteiger partial charge in [0.15, 0.2) is 0 Å². The van der Waals surface area contributed by atoms with E-state index in [2.05, 4.69) is 98.4 Å². The fraction of sp³-hybridized carbons (Fsp3) is 0.417. The van der Waals surface area contributed by atoms with Crippen LogP contribution in [-0.2, 0) is 0 Å². The molecule has 0 saturated heterocycles. The van der Waals surface area contributed by atoms with Crippen LogP contribution in [0.15, 0.2) is 36.0 Å². The zero-order chi connectivity index (χ0) is 19.9. The van der Waals surface area contributed by atoms with Crippen molar-refractivity contribution in [3.05, 3.63) is 69.4 Å². The lowest BCUT2D eigenvalue weighted by Crippen LogP contribution is -2.61. The van der Waals surface area contributed by atoms with Crippen LogP contribution < -0.4 is 10.4 Å². The van der Waals surface area contributed by atoms with Crippen LogP contribution in [0.1, 0.15) is 54.2 Å². The SMILES string of the molecule is Cc1cc(C)c([Si](O)(/C=C/C(C)(C)C)c2c(C)cc(C)cc2C)c(C)c1. The van der Waals surface area contributed by atoms with Crippen molar-refractivity contribution in [2.45, 2.75) is 62.3 Å². The van der Waals surface area contributed by atoms with Crippen molar-refractivity contribution in [3.63, 3.8) is 0 Å². The summed E-state index contributed by atoms with van der Waals surface area (Å²) in [6, 6.07) is 8.79. The molecule has 0 bridgehead atoms. The number of benzene rings is 2. The zero-order valence-electron chi connectivity index (χ0n) is 17.9. The van der Waals surface area contributed by atoms with Gasteiger partial charge in [0.2, 0.25) is 0 Å². The summed E-state index contributed by atoms with van der Waals surface area (Å²) < 4.78 is 0. The Hall–Kier alpha value is -1.64. The maximum absolute atomic E-state index is 12.3. The van der Waals surface area contributed by atoms with E-state index in [-0.39, 0.29) is 5.41 Å². The number of hydrogen-bond donors (Lipinski definition) is 1. The molecule has 1 nitrogen and oxygen atoms in total. The average molecular weight is 367 g/mol. The minimum Gasteiger partial charge on any atom is -0.421 e. The summed E-state index contributed by atoms with van der Waals surface area (Å²) in [7, 11) is -3.02. The molecule has 2 rings (SSSR count). The maximum Gasteiger partial charge on any atom is 0.279 e. The molecular weight excluding hydrogens is 332 g/mol. The lowest BCUT2D eigenvalue weighted by Gasteiger charge is -2.31. The van der Waals surface area contributed by atoms with Gasteiger partial charge < -0.3 is 4.80 Å². The van der Waals surface area contributed by atoms with E-state index in [1.165, 1.54) is 33.4 Å². The van der Waals surface area contributed by atoms with Gasteiger partial charge in [-0.1, -0.05) is 67.9 Å². The quantitative estimate of drug-likeness (QED) is 0.779. The summed E-state index contributed by atoms with van der Waals surface area (Å²) in [5.74, 6) is 0. The standard InChI is InChI=1S/C24H34OSi/c1-16-12-18(3)22(19(4)13-16)26(25,11-10-24(7,8)9)23-20(5)14-17(2)15-21(23)6/h10-15,25H,1-9H3/b11-10+. The van der Waals surface area contributed by atoms with Gasteiger partial charge in [0.05, 0.1) is 0 Å². The van der Waals surface area contributed by atoms with Gasteiger partial charge in [-0.3, -0.25) is 0 Å². The monoisotopic (exact) mass is 366 g/mol. The van der Waals surface area contributed by atoms with Crippen molar-refractivity contribution < 1.29 is 4.80 Å². The molecule has 0 aromatic heterocycles. The van der Waals surface area contributed by atoms with Crippen molar-refractivity contribution in [2.75, 3.05) is 0 Å². The fourth-order valence-corrected chi connectivity index (χ4v) is 8.24. The maximum atomic E-state index is 12.3. The first-order chi connectivity index (χ1) is 11.8. The molecule has 0 saturated carbocycles. The molecule has 0 aliphatic carbocycles. The number of aryl methyl sites for hydroxylation is 6. The molecule has 1 N–H and O–H groups in total. The topological polar surface area (TPSA) is 20.2 Å². The van der Waals surface area contributed by atoms with Crippen molar-refractivity contribution in [3.8, 4) is 0 Å². The number of rotatable bonds is 3. The van der Waals surface area contributed by atoms with Crippen molar-refractivity contribution in [2.24, 2.45) is 5.41 Å². The normalized spacial score (nSPS) is 12.8. The predicted octanol–water partition coefficient (Wildman–Crippen LogP) is 4.73. The van der Waals surface area contributed by atoms with Crippen molar-refractivity contribution in [1.82, 2.24) is 0 Å². The highest BCUT2D eigenvalue weighted by Gasteiger charge is 2.39. The molecule has 26 heavy (non-hydrogen) atoms. The van der Waals surface area contributed by atoms with E-state index in [1.807, 2.05) is 0 Å². The van der Waals surface area contributed by atoms with E-state index in [0.717, 1.165) is 10.4 Å². The molecule has 140 valence electrons. The Morgan fingerprint density at radius 1 is 0.692 bits per heavy atom. The average Bonchev–Trinajstić information content (AvgIpc) is 2.42. The zero-order valence-corrected chi connectivity index (χ0v) is 18.9. The predicted molar refractivity (Wildman–Crippen MR) is 117 cm³/mol. The lowest BCUT2D eigenvalue weighted by molar-refractivity contribution is 0.540. The highest BCUT2D eigenvalue weighted by atomic mass is 28.4. The minimum absolute atomic E-state index is 0.0278. The van der Waals surface area contributed by atoms with E-state index in [9.17, 15) is 4.80 Å². The van der Waals surface area contributed by atoms with Gasteiger partial charge >= 0.3 is 0 Å². The van der Waals surface area contributed by atoms with Gasteiger partial charge in [-0.05, 0) is 79.6 Å². The van der Waals surface area contributed by atoms with E-state index in [1.54, 1.807) is 0 Å². The first kappa shape index (κ1) is 20.7. The molecule has 0 radical (unpaired) electrons. The van der Waals surface area contributed by atoms with Gasteiger partial charge in [0.1, 0.15) is 0 Å². The van der Waals surface area contributed by atoms with Crippen LogP contribution in [0.2, 0.25) is 0 Å².